The highest BCUT2D eigenvalue weighted by Crippen LogP contribution is 2.23. The van der Waals surface area contributed by atoms with Crippen molar-refractivity contribution < 1.29 is 4.21 Å². The summed E-state index contributed by atoms with van der Waals surface area (Å²) < 4.78 is 13.2. The van der Waals surface area contributed by atoms with Crippen molar-refractivity contribution in [1.29, 1.82) is 0 Å². The third-order valence-electron chi connectivity index (χ3n) is 2.01. The Labute approximate surface area is 106 Å². The molecule has 0 saturated heterocycles. The van der Waals surface area contributed by atoms with E-state index in [1.54, 1.807) is 23.1 Å². The Morgan fingerprint density at radius 1 is 1.12 bits per heavy atom. The molecule has 0 amide bonds. The van der Waals surface area contributed by atoms with Gasteiger partial charge in [0.25, 0.3) is 0 Å². The van der Waals surface area contributed by atoms with Crippen molar-refractivity contribution in [3.8, 4) is 0 Å². The van der Waals surface area contributed by atoms with E-state index in [9.17, 15) is 4.21 Å². The molecular weight excluding hydrogens is 256 g/mol. The van der Waals surface area contributed by atoms with Crippen molar-refractivity contribution in [2.45, 2.75) is 9.10 Å². The summed E-state index contributed by atoms with van der Waals surface area (Å²) in [6, 6.07) is 13.8. The van der Waals surface area contributed by atoms with Gasteiger partial charge in [-0.05, 0) is 23.6 Å². The lowest BCUT2D eigenvalue weighted by Crippen LogP contribution is -1.99. The molecule has 1 aromatic heterocycles. The Morgan fingerprint density at radius 2 is 1.94 bits per heavy atom. The van der Waals surface area contributed by atoms with E-state index >= 15 is 0 Å². The minimum absolute atomic E-state index is 0.715. The van der Waals surface area contributed by atoms with Crippen molar-refractivity contribution >= 4 is 33.9 Å². The second-order valence-corrected chi connectivity index (χ2v) is 7.06. The zero-order chi connectivity index (χ0) is 11.2. The Kier molecular flexibility index (Phi) is 4.63. The molecule has 1 heterocycles. The number of hydrogen-bond acceptors (Lipinski definition) is 3. The van der Waals surface area contributed by atoms with Gasteiger partial charge < -0.3 is 0 Å². The monoisotopic (exact) mass is 268 g/mol. The van der Waals surface area contributed by atoms with E-state index < -0.39 is 10.8 Å². The Morgan fingerprint density at radius 3 is 2.62 bits per heavy atom. The molecule has 0 fully saturated rings. The van der Waals surface area contributed by atoms with Crippen LogP contribution in [0, 0.1) is 0 Å². The summed E-state index contributed by atoms with van der Waals surface area (Å²) in [6.07, 6.45) is 0. The van der Waals surface area contributed by atoms with Gasteiger partial charge in [0.2, 0.25) is 0 Å². The van der Waals surface area contributed by atoms with Gasteiger partial charge in [0.1, 0.15) is 0 Å². The molecule has 16 heavy (non-hydrogen) atoms. The molecule has 0 saturated carbocycles. The standard InChI is InChI=1S/C12H12OS3/c13-16(11-5-2-1-3-6-11)10-9-15-12-7-4-8-14-12/h1-8H,9-10H2/t16-/m0/s1. The molecule has 1 atom stereocenters. The van der Waals surface area contributed by atoms with Crippen LogP contribution in [0.3, 0.4) is 0 Å². The maximum Gasteiger partial charge on any atom is 0.0598 e. The van der Waals surface area contributed by atoms with Crippen LogP contribution in [0.15, 0.2) is 56.9 Å². The van der Waals surface area contributed by atoms with Gasteiger partial charge in [0, 0.05) is 16.4 Å². The van der Waals surface area contributed by atoms with Gasteiger partial charge >= 0.3 is 0 Å². The fourth-order valence-electron chi connectivity index (χ4n) is 1.25. The van der Waals surface area contributed by atoms with Crippen molar-refractivity contribution in [2.24, 2.45) is 0 Å². The molecule has 84 valence electrons. The van der Waals surface area contributed by atoms with E-state index in [2.05, 4.69) is 11.4 Å². The lowest BCUT2D eigenvalue weighted by molar-refractivity contribution is 0.684. The summed E-state index contributed by atoms with van der Waals surface area (Å²) in [7, 11) is -0.861. The topological polar surface area (TPSA) is 17.1 Å². The molecule has 1 aromatic carbocycles. The average molecular weight is 268 g/mol. The van der Waals surface area contributed by atoms with Gasteiger partial charge in [-0.25, -0.2) is 0 Å². The second-order valence-electron chi connectivity index (χ2n) is 3.14. The number of hydrogen-bond donors (Lipinski definition) is 0. The highest BCUT2D eigenvalue weighted by Gasteiger charge is 2.03. The highest BCUT2D eigenvalue weighted by molar-refractivity contribution is 8.01. The Hall–Kier alpha value is -0.580. The van der Waals surface area contributed by atoms with Crippen molar-refractivity contribution in [3.05, 3.63) is 47.8 Å². The molecule has 0 aliphatic carbocycles. The fourth-order valence-corrected chi connectivity index (χ4v) is 4.40. The van der Waals surface area contributed by atoms with Crippen LogP contribution in [0.5, 0.6) is 0 Å². The maximum absolute atomic E-state index is 11.9. The van der Waals surface area contributed by atoms with Crippen LogP contribution >= 0.6 is 23.1 Å². The summed E-state index contributed by atoms with van der Waals surface area (Å²) in [5, 5.41) is 2.07. The largest absolute Gasteiger partial charge is 0.254 e. The summed E-state index contributed by atoms with van der Waals surface area (Å²) in [5.41, 5.74) is 0. The smallest absolute Gasteiger partial charge is 0.0598 e. The third-order valence-corrected chi connectivity index (χ3v) is 5.78. The molecule has 2 rings (SSSR count). The lowest BCUT2D eigenvalue weighted by Gasteiger charge is -2.00. The SMILES string of the molecule is O=[S@@](CCSc1cccs1)c1ccccc1. The first kappa shape index (κ1) is 11.9. The average Bonchev–Trinajstić information content (AvgIpc) is 2.83. The van der Waals surface area contributed by atoms with Gasteiger partial charge in [-0.1, -0.05) is 24.3 Å². The minimum Gasteiger partial charge on any atom is -0.254 e. The first-order chi connectivity index (χ1) is 7.86. The molecule has 0 radical (unpaired) electrons. The maximum atomic E-state index is 11.9. The number of rotatable bonds is 5. The molecule has 0 N–H and O–H groups in total. The molecule has 0 unspecified atom stereocenters. The van der Waals surface area contributed by atoms with Gasteiger partial charge in [-0.2, -0.15) is 0 Å². The van der Waals surface area contributed by atoms with Crippen LogP contribution in [0.1, 0.15) is 0 Å². The van der Waals surface area contributed by atoms with E-state index in [1.807, 2.05) is 36.4 Å². The highest BCUT2D eigenvalue weighted by atomic mass is 32.2. The number of thiophene rings is 1. The molecule has 0 bridgehead atoms. The summed E-state index contributed by atoms with van der Waals surface area (Å²) >= 11 is 3.51. The zero-order valence-electron chi connectivity index (χ0n) is 8.67. The summed E-state index contributed by atoms with van der Waals surface area (Å²) in [4.78, 5) is 0.925. The summed E-state index contributed by atoms with van der Waals surface area (Å²) in [5.74, 6) is 1.62. The van der Waals surface area contributed by atoms with Crippen LogP contribution in [0.25, 0.3) is 0 Å². The molecule has 2 aromatic rings. The molecule has 0 spiro atoms. The lowest BCUT2D eigenvalue weighted by atomic mass is 10.4. The van der Waals surface area contributed by atoms with E-state index in [1.165, 1.54) is 4.21 Å². The van der Waals surface area contributed by atoms with E-state index in [-0.39, 0.29) is 0 Å². The van der Waals surface area contributed by atoms with Gasteiger partial charge in [0.05, 0.1) is 15.0 Å². The molecule has 0 aliphatic rings. The zero-order valence-corrected chi connectivity index (χ0v) is 11.1. The molecule has 1 nitrogen and oxygen atoms in total. The van der Waals surface area contributed by atoms with Crippen LogP contribution in [-0.2, 0) is 10.8 Å². The van der Waals surface area contributed by atoms with Crippen LogP contribution in [0.4, 0.5) is 0 Å². The minimum atomic E-state index is -0.861. The fraction of sp³-hybridized carbons (Fsp3) is 0.167. The second kappa shape index (κ2) is 6.23. The first-order valence-corrected chi connectivity index (χ1v) is 8.14. The quantitative estimate of drug-likeness (QED) is 0.770. The first-order valence-electron chi connectivity index (χ1n) is 4.96. The van der Waals surface area contributed by atoms with Crippen LogP contribution < -0.4 is 0 Å². The van der Waals surface area contributed by atoms with E-state index in [0.29, 0.717) is 5.75 Å². The third kappa shape index (κ3) is 3.47. The van der Waals surface area contributed by atoms with Gasteiger partial charge in [-0.3, -0.25) is 4.21 Å². The van der Waals surface area contributed by atoms with Crippen molar-refractivity contribution in [3.63, 3.8) is 0 Å². The Balaban J connectivity index is 1.81. The van der Waals surface area contributed by atoms with Gasteiger partial charge in [0.15, 0.2) is 0 Å². The van der Waals surface area contributed by atoms with E-state index in [0.717, 1.165) is 10.6 Å². The molecular formula is C12H12OS3. The van der Waals surface area contributed by atoms with Crippen LogP contribution in [-0.4, -0.2) is 15.7 Å². The van der Waals surface area contributed by atoms with E-state index in [4.69, 9.17) is 0 Å². The molecule has 0 aliphatic heterocycles. The summed E-state index contributed by atoms with van der Waals surface area (Å²) in [6.45, 7) is 0. The normalized spacial score (nSPS) is 12.5. The predicted octanol–water partition coefficient (Wildman–Crippen LogP) is 3.65. The Bertz CT molecular complexity index is 437. The predicted molar refractivity (Wildman–Crippen MR) is 72.8 cm³/mol. The van der Waals surface area contributed by atoms with Crippen molar-refractivity contribution in [2.75, 3.05) is 11.5 Å². The van der Waals surface area contributed by atoms with Gasteiger partial charge in [-0.15, -0.1) is 23.1 Å². The molecule has 4 heteroatoms. The number of benzene rings is 1. The van der Waals surface area contributed by atoms with Crippen molar-refractivity contribution in [1.82, 2.24) is 0 Å². The number of thioether (sulfide) groups is 1. The van der Waals surface area contributed by atoms with Crippen LogP contribution in [0.2, 0.25) is 0 Å².